The Morgan fingerprint density at radius 1 is 1.36 bits per heavy atom. The highest BCUT2D eigenvalue weighted by Crippen LogP contribution is 2.38. The Labute approximate surface area is 71.0 Å². The lowest BCUT2D eigenvalue weighted by Crippen LogP contribution is -2.44. The van der Waals surface area contributed by atoms with Crippen molar-refractivity contribution in [3.05, 3.63) is 0 Å². The molecule has 1 atom stereocenters. The molecule has 1 unspecified atom stereocenters. The van der Waals surface area contributed by atoms with Gasteiger partial charge in [0.05, 0.1) is 26.7 Å². The molecular weight excluding hydrogens is 134 g/mol. The second kappa shape index (κ2) is 2.48. The first-order chi connectivity index (χ1) is 4.87. The van der Waals surface area contributed by atoms with Gasteiger partial charge in [0.15, 0.2) is 0 Å². The normalized spacial score (nSPS) is 34.1. The van der Waals surface area contributed by atoms with Crippen LogP contribution < -0.4 is 0 Å². The standard InChI is InChI=1S/C10H22N/c1-6-9-7-10(2,3)8-11(9,4)5/h9H,6-8H2,1-5H3/q+1. The molecule has 0 spiro atoms. The van der Waals surface area contributed by atoms with Crippen LogP contribution in [-0.2, 0) is 0 Å². The molecule has 1 aliphatic rings. The fourth-order valence-corrected chi connectivity index (χ4v) is 2.82. The second-order valence-corrected chi connectivity index (χ2v) is 5.37. The van der Waals surface area contributed by atoms with E-state index in [-0.39, 0.29) is 0 Å². The SMILES string of the molecule is CCC1CC(C)(C)C[N+]1(C)C. The van der Waals surface area contributed by atoms with Gasteiger partial charge in [0.25, 0.3) is 0 Å². The van der Waals surface area contributed by atoms with Crippen molar-refractivity contribution in [2.75, 3.05) is 20.6 Å². The minimum absolute atomic E-state index is 0.574. The average molecular weight is 156 g/mol. The molecule has 0 bridgehead atoms. The number of hydrogen-bond acceptors (Lipinski definition) is 0. The number of rotatable bonds is 1. The lowest BCUT2D eigenvalue weighted by Gasteiger charge is -2.31. The van der Waals surface area contributed by atoms with Crippen molar-refractivity contribution in [3.8, 4) is 0 Å². The smallest absolute Gasteiger partial charge is 0.0891 e. The average Bonchev–Trinajstić information content (AvgIpc) is 1.99. The van der Waals surface area contributed by atoms with Crippen molar-refractivity contribution in [3.63, 3.8) is 0 Å². The number of nitrogens with zero attached hydrogens (tertiary/aromatic N) is 1. The van der Waals surface area contributed by atoms with Gasteiger partial charge >= 0.3 is 0 Å². The fourth-order valence-electron chi connectivity index (χ4n) is 2.82. The Bertz CT molecular complexity index is 147. The second-order valence-electron chi connectivity index (χ2n) is 5.37. The molecule has 0 saturated carbocycles. The van der Waals surface area contributed by atoms with Crippen molar-refractivity contribution in [2.24, 2.45) is 5.41 Å². The van der Waals surface area contributed by atoms with Crippen molar-refractivity contribution in [1.29, 1.82) is 0 Å². The molecular formula is C10H22N+. The van der Waals surface area contributed by atoms with E-state index in [0.29, 0.717) is 5.41 Å². The fraction of sp³-hybridized carbons (Fsp3) is 1.00. The van der Waals surface area contributed by atoms with Crippen LogP contribution in [0.15, 0.2) is 0 Å². The highest BCUT2D eigenvalue weighted by molar-refractivity contribution is 4.79. The Hall–Kier alpha value is -0.0400. The highest BCUT2D eigenvalue weighted by atomic mass is 15.4. The molecule has 0 aromatic carbocycles. The summed E-state index contributed by atoms with van der Waals surface area (Å²) in [5.41, 5.74) is 0.574. The van der Waals surface area contributed by atoms with Crippen LogP contribution >= 0.6 is 0 Å². The molecule has 0 amide bonds. The monoisotopic (exact) mass is 156 g/mol. The van der Waals surface area contributed by atoms with Crippen LogP contribution in [0.4, 0.5) is 0 Å². The van der Waals surface area contributed by atoms with E-state index in [4.69, 9.17) is 0 Å². The molecule has 1 fully saturated rings. The summed E-state index contributed by atoms with van der Waals surface area (Å²) < 4.78 is 1.23. The van der Waals surface area contributed by atoms with Crippen LogP contribution in [0.5, 0.6) is 0 Å². The molecule has 0 aliphatic carbocycles. The predicted octanol–water partition coefficient (Wildman–Crippen LogP) is 2.27. The van der Waals surface area contributed by atoms with Crippen LogP contribution in [0.2, 0.25) is 0 Å². The lowest BCUT2D eigenvalue weighted by molar-refractivity contribution is -0.904. The van der Waals surface area contributed by atoms with E-state index < -0.39 is 0 Å². The zero-order chi connectivity index (χ0) is 8.70. The summed E-state index contributed by atoms with van der Waals surface area (Å²) in [6, 6.07) is 0.894. The molecule has 0 aromatic heterocycles. The quantitative estimate of drug-likeness (QED) is 0.511. The van der Waals surface area contributed by atoms with Crippen LogP contribution in [-0.4, -0.2) is 31.2 Å². The van der Waals surface area contributed by atoms with Gasteiger partial charge in [-0.2, -0.15) is 0 Å². The van der Waals surface area contributed by atoms with Gasteiger partial charge in [0.1, 0.15) is 0 Å². The molecule has 1 rings (SSSR count). The molecule has 11 heavy (non-hydrogen) atoms. The Morgan fingerprint density at radius 2 is 1.91 bits per heavy atom. The molecule has 1 heteroatoms. The minimum atomic E-state index is 0.574. The Kier molecular flexibility index (Phi) is 2.04. The summed E-state index contributed by atoms with van der Waals surface area (Å²) >= 11 is 0. The zero-order valence-electron chi connectivity index (χ0n) is 8.65. The van der Waals surface area contributed by atoms with E-state index >= 15 is 0 Å². The summed E-state index contributed by atoms with van der Waals surface area (Å²) in [4.78, 5) is 0. The number of likely N-dealkylation sites (tertiary alicyclic amines) is 1. The van der Waals surface area contributed by atoms with Crippen molar-refractivity contribution >= 4 is 0 Å². The van der Waals surface area contributed by atoms with Crippen LogP contribution in [0.25, 0.3) is 0 Å². The third-order valence-electron chi connectivity index (χ3n) is 3.08. The molecule has 66 valence electrons. The van der Waals surface area contributed by atoms with Crippen molar-refractivity contribution in [1.82, 2.24) is 0 Å². The van der Waals surface area contributed by atoms with Crippen molar-refractivity contribution in [2.45, 2.75) is 39.7 Å². The van der Waals surface area contributed by atoms with E-state index in [1.165, 1.54) is 23.9 Å². The summed E-state index contributed by atoms with van der Waals surface area (Å²) in [6.45, 7) is 8.43. The molecule has 1 saturated heterocycles. The number of quaternary nitrogens is 1. The summed E-state index contributed by atoms with van der Waals surface area (Å²) in [7, 11) is 4.73. The maximum absolute atomic E-state index is 2.39. The Balaban J connectivity index is 2.71. The molecule has 1 aliphatic heterocycles. The lowest BCUT2D eigenvalue weighted by atomic mass is 9.90. The van der Waals surface area contributed by atoms with Crippen LogP contribution in [0.3, 0.4) is 0 Å². The van der Waals surface area contributed by atoms with E-state index in [0.717, 1.165) is 6.04 Å². The van der Waals surface area contributed by atoms with E-state index in [2.05, 4.69) is 34.9 Å². The van der Waals surface area contributed by atoms with Gasteiger partial charge in [-0.05, 0) is 6.42 Å². The summed E-state index contributed by atoms with van der Waals surface area (Å²) in [5, 5.41) is 0. The molecule has 0 radical (unpaired) electrons. The van der Waals surface area contributed by atoms with Gasteiger partial charge in [-0.15, -0.1) is 0 Å². The maximum Gasteiger partial charge on any atom is 0.0891 e. The highest BCUT2D eigenvalue weighted by Gasteiger charge is 2.44. The van der Waals surface area contributed by atoms with Gasteiger partial charge < -0.3 is 4.48 Å². The van der Waals surface area contributed by atoms with Gasteiger partial charge in [0, 0.05) is 11.8 Å². The van der Waals surface area contributed by atoms with Gasteiger partial charge in [-0.3, -0.25) is 0 Å². The summed E-state index contributed by atoms with van der Waals surface area (Å²) in [5.74, 6) is 0. The van der Waals surface area contributed by atoms with Gasteiger partial charge in [-0.1, -0.05) is 20.8 Å². The third kappa shape index (κ3) is 1.76. The third-order valence-corrected chi connectivity index (χ3v) is 3.08. The Morgan fingerprint density at radius 3 is 2.09 bits per heavy atom. The van der Waals surface area contributed by atoms with E-state index in [1.54, 1.807) is 0 Å². The largest absolute Gasteiger partial charge is 0.326 e. The molecule has 1 nitrogen and oxygen atoms in total. The number of hydrogen-bond donors (Lipinski definition) is 0. The first kappa shape index (κ1) is 9.05. The first-order valence-electron chi connectivity index (χ1n) is 4.70. The van der Waals surface area contributed by atoms with Gasteiger partial charge in [-0.25, -0.2) is 0 Å². The molecule has 0 N–H and O–H groups in total. The maximum atomic E-state index is 2.39. The molecule has 0 aromatic rings. The van der Waals surface area contributed by atoms with Crippen LogP contribution in [0.1, 0.15) is 33.6 Å². The van der Waals surface area contributed by atoms with Crippen molar-refractivity contribution < 1.29 is 4.48 Å². The summed E-state index contributed by atoms with van der Waals surface area (Å²) in [6.07, 6.45) is 2.73. The van der Waals surface area contributed by atoms with E-state index in [1.807, 2.05) is 0 Å². The first-order valence-corrected chi connectivity index (χ1v) is 4.70. The van der Waals surface area contributed by atoms with E-state index in [9.17, 15) is 0 Å². The zero-order valence-corrected chi connectivity index (χ0v) is 8.65. The topological polar surface area (TPSA) is 0 Å². The van der Waals surface area contributed by atoms with Crippen LogP contribution in [0, 0.1) is 5.41 Å². The molecule has 1 heterocycles. The predicted molar refractivity (Wildman–Crippen MR) is 49.5 cm³/mol. The minimum Gasteiger partial charge on any atom is -0.326 e. The van der Waals surface area contributed by atoms with Gasteiger partial charge in [0.2, 0.25) is 0 Å².